The van der Waals surface area contributed by atoms with E-state index in [-0.39, 0.29) is 12.1 Å². The highest BCUT2D eigenvalue weighted by atomic mass is 32.2. The summed E-state index contributed by atoms with van der Waals surface area (Å²) in [7, 11) is 0. The molecule has 5 heteroatoms. The van der Waals surface area contributed by atoms with E-state index in [0.717, 1.165) is 17.9 Å². The molecule has 0 saturated carbocycles. The van der Waals surface area contributed by atoms with E-state index < -0.39 is 6.43 Å². The maximum absolute atomic E-state index is 11.9. The van der Waals surface area contributed by atoms with Gasteiger partial charge < -0.3 is 11.1 Å². The van der Waals surface area contributed by atoms with Gasteiger partial charge in [-0.1, -0.05) is 0 Å². The van der Waals surface area contributed by atoms with Crippen molar-refractivity contribution < 1.29 is 8.78 Å². The van der Waals surface area contributed by atoms with Crippen molar-refractivity contribution in [2.75, 3.05) is 24.6 Å². The van der Waals surface area contributed by atoms with Gasteiger partial charge in [0.25, 0.3) is 6.43 Å². The maximum atomic E-state index is 11.9. The molecule has 0 radical (unpaired) electrons. The van der Waals surface area contributed by atoms with Crippen LogP contribution in [0.3, 0.4) is 0 Å². The van der Waals surface area contributed by atoms with Crippen LogP contribution < -0.4 is 11.1 Å². The largest absolute Gasteiger partial charge is 0.329 e. The third kappa shape index (κ3) is 2.57. The summed E-state index contributed by atoms with van der Waals surface area (Å²) in [5, 5.41) is 2.85. The molecular weight excluding hydrogens is 182 g/mol. The molecule has 1 unspecified atom stereocenters. The van der Waals surface area contributed by atoms with E-state index in [2.05, 4.69) is 5.32 Å². The van der Waals surface area contributed by atoms with Gasteiger partial charge >= 0.3 is 0 Å². The summed E-state index contributed by atoms with van der Waals surface area (Å²) < 4.78 is 23.8. The van der Waals surface area contributed by atoms with Crippen molar-refractivity contribution in [3.05, 3.63) is 0 Å². The van der Waals surface area contributed by atoms with Crippen LogP contribution in [0.1, 0.15) is 6.42 Å². The van der Waals surface area contributed by atoms with Gasteiger partial charge in [-0.25, -0.2) is 8.78 Å². The Morgan fingerprint density at radius 1 is 1.58 bits per heavy atom. The Bertz CT molecular complexity index is 137. The third-order valence-electron chi connectivity index (χ3n) is 2.13. The molecule has 0 amide bonds. The first kappa shape index (κ1) is 10.2. The molecule has 2 nitrogen and oxygen atoms in total. The van der Waals surface area contributed by atoms with E-state index in [9.17, 15) is 8.78 Å². The van der Waals surface area contributed by atoms with E-state index in [4.69, 9.17) is 5.73 Å². The van der Waals surface area contributed by atoms with Gasteiger partial charge in [-0.15, -0.1) is 0 Å². The number of hydrogen-bond acceptors (Lipinski definition) is 3. The predicted octanol–water partition coefficient (Wildman–Crippen LogP) is 0.675. The normalized spacial score (nSPS) is 30.0. The third-order valence-corrected chi connectivity index (χ3v) is 3.37. The zero-order valence-electron chi connectivity index (χ0n) is 6.85. The number of rotatable bonds is 4. The molecule has 0 spiro atoms. The van der Waals surface area contributed by atoms with Crippen molar-refractivity contribution in [3.8, 4) is 0 Å². The average molecular weight is 196 g/mol. The van der Waals surface area contributed by atoms with E-state index in [1.807, 2.05) is 0 Å². The van der Waals surface area contributed by atoms with Gasteiger partial charge in [-0.3, -0.25) is 0 Å². The second-order valence-electron chi connectivity index (χ2n) is 3.06. The second-order valence-corrected chi connectivity index (χ2v) is 4.16. The number of hydrogen-bond donors (Lipinski definition) is 2. The fourth-order valence-corrected chi connectivity index (χ4v) is 2.71. The lowest BCUT2D eigenvalue weighted by Gasteiger charge is -2.27. The Morgan fingerprint density at radius 3 is 2.75 bits per heavy atom. The zero-order valence-corrected chi connectivity index (χ0v) is 7.67. The van der Waals surface area contributed by atoms with Crippen molar-refractivity contribution in [3.63, 3.8) is 0 Å². The minimum Gasteiger partial charge on any atom is -0.329 e. The molecule has 1 aliphatic heterocycles. The van der Waals surface area contributed by atoms with Crippen molar-refractivity contribution >= 4 is 11.8 Å². The molecule has 0 bridgehead atoms. The summed E-state index contributed by atoms with van der Waals surface area (Å²) >= 11 is 1.77. The highest BCUT2D eigenvalue weighted by Gasteiger charge is 2.32. The summed E-state index contributed by atoms with van der Waals surface area (Å²) in [6.45, 7) is 0.213. The van der Waals surface area contributed by atoms with Crippen molar-refractivity contribution in [2.45, 2.75) is 18.4 Å². The number of thioether (sulfide) groups is 1. The van der Waals surface area contributed by atoms with E-state index in [1.54, 1.807) is 11.8 Å². The van der Waals surface area contributed by atoms with Gasteiger partial charge in [-0.2, -0.15) is 11.8 Å². The molecule has 1 aliphatic rings. The summed E-state index contributed by atoms with van der Waals surface area (Å²) in [6.07, 6.45) is -1.38. The topological polar surface area (TPSA) is 38.0 Å². The van der Waals surface area contributed by atoms with Gasteiger partial charge in [0.15, 0.2) is 0 Å². The lowest BCUT2D eigenvalue weighted by atomic mass is 9.99. The van der Waals surface area contributed by atoms with Gasteiger partial charge in [0.2, 0.25) is 0 Å². The molecule has 0 aromatic rings. The van der Waals surface area contributed by atoms with Crippen molar-refractivity contribution in [2.24, 2.45) is 5.73 Å². The van der Waals surface area contributed by atoms with E-state index >= 15 is 0 Å². The summed E-state index contributed by atoms with van der Waals surface area (Å²) in [5.74, 6) is 1.88. The van der Waals surface area contributed by atoms with Gasteiger partial charge in [-0.05, 0) is 12.2 Å². The highest BCUT2D eigenvalue weighted by Crippen LogP contribution is 2.26. The minimum absolute atomic E-state index is 0.221. The lowest BCUT2D eigenvalue weighted by molar-refractivity contribution is 0.133. The number of nitrogens with two attached hydrogens (primary N) is 1. The van der Waals surface area contributed by atoms with Crippen LogP contribution in [-0.2, 0) is 0 Å². The molecule has 1 fully saturated rings. The molecule has 72 valence electrons. The van der Waals surface area contributed by atoms with Crippen molar-refractivity contribution in [1.29, 1.82) is 0 Å². The fourth-order valence-electron chi connectivity index (χ4n) is 1.27. The molecule has 3 N–H and O–H groups in total. The molecule has 1 saturated heterocycles. The van der Waals surface area contributed by atoms with Crippen LogP contribution in [0, 0.1) is 0 Å². The van der Waals surface area contributed by atoms with Gasteiger partial charge in [0, 0.05) is 17.8 Å². The van der Waals surface area contributed by atoms with Crippen LogP contribution in [-0.4, -0.2) is 36.6 Å². The van der Waals surface area contributed by atoms with Crippen LogP contribution in [0.4, 0.5) is 8.78 Å². The molecule has 1 atom stereocenters. The molecular formula is C7H14F2N2S. The Kier molecular flexibility index (Phi) is 3.74. The molecule has 0 aromatic heterocycles. The first-order valence-electron chi connectivity index (χ1n) is 3.99. The Morgan fingerprint density at radius 2 is 2.33 bits per heavy atom. The first-order chi connectivity index (χ1) is 5.68. The predicted molar refractivity (Wildman–Crippen MR) is 47.7 cm³/mol. The van der Waals surface area contributed by atoms with E-state index in [0.29, 0.717) is 6.54 Å². The highest BCUT2D eigenvalue weighted by molar-refractivity contribution is 7.99. The van der Waals surface area contributed by atoms with Crippen LogP contribution in [0.25, 0.3) is 0 Å². The number of halogens is 2. The SMILES string of the molecule is NCC1(NCC(F)F)CCSC1. The van der Waals surface area contributed by atoms with Crippen LogP contribution in [0.15, 0.2) is 0 Å². The Labute approximate surface area is 75.3 Å². The van der Waals surface area contributed by atoms with Crippen LogP contribution in [0.2, 0.25) is 0 Å². The smallest absolute Gasteiger partial charge is 0.250 e. The summed E-state index contributed by atoms with van der Waals surface area (Å²) in [6, 6.07) is 0. The fraction of sp³-hybridized carbons (Fsp3) is 1.00. The monoisotopic (exact) mass is 196 g/mol. The van der Waals surface area contributed by atoms with Crippen LogP contribution in [0.5, 0.6) is 0 Å². The van der Waals surface area contributed by atoms with Crippen molar-refractivity contribution in [1.82, 2.24) is 5.32 Å². The van der Waals surface area contributed by atoms with Gasteiger partial charge in [0.05, 0.1) is 6.54 Å². The summed E-state index contributed by atoms with van der Waals surface area (Å²) in [4.78, 5) is 0. The standard InChI is InChI=1S/C7H14F2N2S/c8-6(9)3-11-7(4-10)1-2-12-5-7/h6,11H,1-5,10H2. The van der Waals surface area contributed by atoms with Crippen LogP contribution >= 0.6 is 11.8 Å². The number of alkyl halides is 2. The minimum atomic E-state index is -2.28. The zero-order chi connectivity index (χ0) is 9.03. The molecule has 1 heterocycles. The molecule has 0 aliphatic carbocycles. The Hall–Kier alpha value is 0.130. The lowest BCUT2D eigenvalue weighted by Crippen LogP contribution is -2.52. The molecule has 1 rings (SSSR count). The quantitative estimate of drug-likeness (QED) is 0.694. The van der Waals surface area contributed by atoms with E-state index in [1.165, 1.54) is 0 Å². The Balaban J connectivity index is 2.34. The summed E-state index contributed by atoms with van der Waals surface area (Å²) in [5.41, 5.74) is 5.31. The van der Waals surface area contributed by atoms with Gasteiger partial charge in [0.1, 0.15) is 0 Å². The second kappa shape index (κ2) is 4.39. The number of nitrogens with one attached hydrogen (secondary N) is 1. The average Bonchev–Trinajstić information content (AvgIpc) is 2.50. The first-order valence-corrected chi connectivity index (χ1v) is 5.15. The maximum Gasteiger partial charge on any atom is 0.250 e. The molecule has 12 heavy (non-hydrogen) atoms. The molecule has 0 aromatic carbocycles.